The number of sulfonamides is 1. The highest BCUT2D eigenvalue weighted by atomic mass is 35.5. The Morgan fingerprint density at radius 2 is 1.69 bits per heavy atom. The molecule has 0 atom stereocenters. The van der Waals surface area contributed by atoms with Crippen molar-refractivity contribution in [2.75, 3.05) is 0 Å². The molecule has 2 fully saturated rings. The summed E-state index contributed by atoms with van der Waals surface area (Å²) in [5.74, 6) is 0.00625. The van der Waals surface area contributed by atoms with Crippen LogP contribution in [0.4, 0.5) is 0 Å². The van der Waals surface area contributed by atoms with E-state index in [4.69, 9.17) is 11.6 Å². The van der Waals surface area contributed by atoms with Gasteiger partial charge in [-0.3, -0.25) is 4.79 Å². The highest BCUT2D eigenvalue weighted by molar-refractivity contribution is 7.89. The first-order chi connectivity index (χ1) is 13.9. The molecule has 0 unspecified atom stereocenters. The van der Waals surface area contributed by atoms with Gasteiger partial charge in [0.1, 0.15) is 0 Å². The van der Waals surface area contributed by atoms with E-state index in [1.165, 1.54) is 0 Å². The molecule has 2 aliphatic carbocycles. The van der Waals surface area contributed by atoms with E-state index in [1.54, 1.807) is 24.3 Å². The zero-order chi connectivity index (χ0) is 20.5. The van der Waals surface area contributed by atoms with E-state index in [0.29, 0.717) is 17.9 Å². The molecule has 29 heavy (non-hydrogen) atoms. The minimum Gasteiger partial charge on any atom is -0.347 e. The van der Waals surface area contributed by atoms with E-state index in [-0.39, 0.29) is 22.4 Å². The molecule has 0 aliphatic heterocycles. The van der Waals surface area contributed by atoms with Crippen LogP contribution in [0.25, 0.3) is 0 Å². The predicted octanol–water partition coefficient (Wildman–Crippen LogP) is 3.91. The largest absolute Gasteiger partial charge is 0.347 e. The van der Waals surface area contributed by atoms with Crippen LogP contribution in [0.2, 0.25) is 5.02 Å². The Hall–Kier alpha value is -1.89. The van der Waals surface area contributed by atoms with E-state index >= 15 is 0 Å². The second-order valence-electron chi connectivity index (χ2n) is 8.03. The van der Waals surface area contributed by atoms with Crippen LogP contribution < -0.4 is 10.0 Å². The minimum absolute atomic E-state index is 0.00625. The maximum atomic E-state index is 12.6. The molecule has 0 radical (unpaired) electrons. The third-order valence-electron chi connectivity index (χ3n) is 5.76. The van der Waals surface area contributed by atoms with Crippen molar-refractivity contribution < 1.29 is 13.2 Å². The first-order valence-electron chi connectivity index (χ1n) is 10.0. The molecule has 0 saturated heterocycles. The molecular formula is C22H25ClN2O3S. The number of halogens is 1. The SMILES string of the molecule is O=C(CCc1ccc(S(=O)(=O)NC2CC2)cc1)NC1(c2ccc(Cl)cc2)CCC1. The molecule has 2 aliphatic rings. The summed E-state index contributed by atoms with van der Waals surface area (Å²) in [4.78, 5) is 12.8. The Kier molecular flexibility index (Phi) is 5.69. The molecule has 1 amide bonds. The average Bonchev–Trinajstić information content (AvgIpc) is 3.47. The van der Waals surface area contributed by atoms with Gasteiger partial charge >= 0.3 is 0 Å². The second-order valence-corrected chi connectivity index (χ2v) is 10.2. The van der Waals surface area contributed by atoms with Crippen molar-refractivity contribution in [1.29, 1.82) is 0 Å². The van der Waals surface area contributed by atoms with Gasteiger partial charge in [0.05, 0.1) is 10.4 Å². The Bertz CT molecular complexity index is 980. The van der Waals surface area contributed by atoms with Gasteiger partial charge in [0.2, 0.25) is 15.9 Å². The monoisotopic (exact) mass is 432 g/mol. The first kappa shape index (κ1) is 20.4. The number of carbonyl (C=O) groups is 1. The molecule has 0 spiro atoms. The van der Waals surface area contributed by atoms with Gasteiger partial charge in [-0.2, -0.15) is 0 Å². The molecule has 154 valence electrons. The number of hydrogen-bond acceptors (Lipinski definition) is 3. The number of nitrogens with one attached hydrogen (secondary N) is 2. The standard InChI is InChI=1S/C22H25ClN2O3S/c23-18-7-5-17(6-8-18)22(14-1-15-22)24-21(26)13-4-16-2-11-20(12-3-16)29(27,28)25-19-9-10-19/h2-3,5-8,11-12,19,25H,1,4,9-10,13-15H2,(H,24,26). The smallest absolute Gasteiger partial charge is 0.240 e. The number of amides is 1. The van der Waals surface area contributed by atoms with Crippen LogP contribution in [0, 0.1) is 0 Å². The number of benzene rings is 2. The highest BCUT2D eigenvalue weighted by Crippen LogP contribution is 2.41. The van der Waals surface area contributed by atoms with Gasteiger partial charge in [-0.15, -0.1) is 0 Å². The molecule has 0 bridgehead atoms. The summed E-state index contributed by atoms with van der Waals surface area (Å²) in [6.07, 6.45) is 5.70. The number of rotatable bonds is 8. The van der Waals surface area contributed by atoms with Crippen molar-refractivity contribution in [3.63, 3.8) is 0 Å². The molecule has 0 heterocycles. The van der Waals surface area contributed by atoms with E-state index in [1.807, 2.05) is 24.3 Å². The molecule has 0 aromatic heterocycles. The van der Waals surface area contributed by atoms with Crippen molar-refractivity contribution in [3.05, 3.63) is 64.7 Å². The fourth-order valence-corrected chi connectivity index (χ4v) is 5.13. The highest BCUT2D eigenvalue weighted by Gasteiger charge is 2.39. The lowest BCUT2D eigenvalue weighted by molar-refractivity contribution is -0.124. The molecule has 2 saturated carbocycles. The van der Waals surface area contributed by atoms with E-state index in [9.17, 15) is 13.2 Å². The Morgan fingerprint density at radius 1 is 1.03 bits per heavy atom. The maximum Gasteiger partial charge on any atom is 0.240 e. The van der Waals surface area contributed by atoms with Gasteiger partial charge in [-0.05, 0) is 73.9 Å². The number of carbonyl (C=O) groups excluding carboxylic acids is 1. The molecule has 7 heteroatoms. The maximum absolute atomic E-state index is 12.6. The Balaban J connectivity index is 1.34. The Morgan fingerprint density at radius 3 is 2.24 bits per heavy atom. The summed E-state index contributed by atoms with van der Waals surface area (Å²) < 4.78 is 27.1. The van der Waals surface area contributed by atoms with Gasteiger partial charge in [0.25, 0.3) is 0 Å². The summed E-state index contributed by atoms with van der Waals surface area (Å²) in [7, 11) is -3.44. The minimum atomic E-state index is -3.44. The fraction of sp³-hybridized carbons (Fsp3) is 0.409. The third-order valence-corrected chi connectivity index (χ3v) is 7.54. The van der Waals surface area contributed by atoms with Crippen molar-refractivity contribution in [1.82, 2.24) is 10.0 Å². The van der Waals surface area contributed by atoms with Crippen LogP contribution >= 0.6 is 11.6 Å². The number of hydrogen-bond donors (Lipinski definition) is 2. The van der Waals surface area contributed by atoms with E-state index in [2.05, 4.69) is 10.0 Å². The molecular weight excluding hydrogens is 408 g/mol. The molecule has 2 aromatic carbocycles. The molecule has 4 rings (SSSR count). The van der Waals surface area contributed by atoms with Crippen molar-refractivity contribution in [2.24, 2.45) is 0 Å². The predicted molar refractivity (Wildman–Crippen MR) is 113 cm³/mol. The van der Waals surface area contributed by atoms with Crippen molar-refractivity contribution in [2.45, 2.75) is 61.4 Å². The van der Waals surface area contributed by atoms with Crippen LogP contribution in [0.1, 0.15) is 49.7 Å². The summed E-state index contributed by atoms with van der Waals surface area (Å²) in [6.45, 7) is 0. The molecule has 5 nitrogen and oxygen atoms in total. The summed E-state index contributed by atoms with van der Waals surface area (Å²) in [6, 6.07) is 14.6. The lowest BCUT2D eigenvalue weighted by Crippen LogP contribution is -2.50. The van der Waals surface area contributed by atoms with Crippen molar-refractivity contribution in [3.8, 4) is 0 Å². The molecule has 2 aromatic rings. The first-order valence-corrected chi connectivity index (χ1v) is 11.9. The van der Waals surface area contributed by atoms with Gasteiger partial charge in [-0.25, -0.2) is 13.1 Å². The summed E-state index contributed by atoms with van der Waals surface area (Å²) in [5, 5.41) is 3.90. The second kappa shape index (κ2) is 8.09. The van der Waals surface area contributed by atoms with E-state index in [0.717, 1.165) is 43.2 Å². The van der Waals surface area contributed by atoms with Crippen LogP contribution in [0.3, 0.4) is 0 Å². The quantitative estimate of drug-likeness (QED) is 0.664. The summed E-state index contributed by atoms with van der Waals surface area (Å²) in [5.41, 5.74) is 1.76. The van der Waals surface area contributed by atoms with Gasteiger partial charge in [-0.1, -0.05) is 35.9 Å². The third kappa shape index (κ3) is 4.82. The van der Waals surface area contributed by atoms with Gasteiger partial charge < -0.3 is 5.32 Å². The molecule has 2 N–H and O–H groups in total. The summed E-state index contributed by atoms with van der Waals surface area (Å²) >= 11 is 5.98. The van der Waals surface area contributed by atoms with E-state index < -0.39 is 10.0 Å². The fourth-order valence-electron chi connectivity index (χ4n) is 3.70. The Labute approximate surface area is 176 Å². The topological polar surface area (TPSA) is 75.3 Å². The van der Waals surface area contributed by atoms with Crippen molar-refractivity contribution >= 4 is 27.5 Å². The lowest BCUT2D eigenvalue weighted by Gasteiger charge is -2.43. The van der Waals surface area contributed by atoms with Crippen LogP contribution in [0.5, 0.6) is 0 Å². The van der Waals surface area contributed by atoms with Gasteiger partial charge in [0.15, 0.2) is 0 Å². The van der Waals surface area contributed by atoms with Crippen LogP contribution in [-0.4, -0.2) is 20.4 Å². The van der Waals surface area contributed by atoms with Crippen LogP contribution in [-0.2, 0) is 26.8 Å². The zero-order valence-electron chi connectivity index (χ0n) is 16.2. The lowest BCUT2D eigenvalue weighted by atomic mass is 9.71. The normalized spacial score (nSPS) is 18.1. The van der Waals surface area contributed by atoms with Gasteiger partial charge in [0, 0.05) is 17.5 Å². The average molecular weight is 433 g/mol. The number of aryl methyl sites for hydroxylation is 1. The van der Waals surface area contributed by atoms with Crippen LogP contribution in [0.15, 0.2) is 53.4 Å². The zero-order valence-corrected chi connectivity index (χ0v) is 17.7.